The highest BCUT2D eigenvalue weighted by Gasteiger charge is 2.14. The maximum Gasteiger partial charge on any atom is 0.264 e. The van der Waals surface area contributed by atoms with Crippen molar-refractivity contribution < 1.29 is 9.47 Å². The van der Waals surface area contributed by atoms with Gasteiger partial charge in [-0.2, -0.15) is 0 Å². The van der Waals surface area contributed by atoms with Gasteiger partial charge in [0.25, 0.3) is 5.56 Å². The van der Waals surface area contributed by atoms with Gasteiger partial charge in [-0.15, -0.1) is 0 Å². The summed E-state index contributed by atoms with van der Waals surface area (Å²) in [7, 11) is 4.84. The number of rotatable bonds is 6. The minimum atomic E-state index is -0.167. The van der Waals surface area contributed by atoms with Crippen LogP contribution < -0.4 is 20.3 Å². The van der Waals surface area contributed by atoms with E-state index in [4.69, 9.17) is 14.5 Å². The average molecular weight is 403 g/mol. The molecule has 0 fully saturated rings. The van der Waals surface area contributed by atoms with Crippen LogP contribution in [0.3, 0.4) is 0 Å². The third-order valence-corrected chi connectivity index (χ3v) is 4.76. The Bertz CT molecular complexity index is 1260. The Morgan fingerprint density at radius 2 is 1.93 bits per heavy atom. The van der Waals surface area contributed by atoms with Crippen LogP contribution in [-0.4, -0.2) is 33.7 Å². The number of aryl methyl sites for hydroxylation is 1. The number of aromatic nitrogens is 4. The van der Waals surface area contributed by atoms with E-state index < -0.39 is 0 Å². The van der Waals surface area contributed by atoms with Crippen molar-refractivity contribution in [3.63, 3.8) is 0 Å². The fourth-order valence-corrected chi connectivity index (χ4v) is 3.18. The Hall–Kier alpha value is -3.94. The molecule has 0 aliphatic carbocycles. The molecule has 8 heteroatoms. The number of methoxy groups -OCH3 is 2. The summed E-state index contributed by atoms with van der Waals surface area (Å²) in [5, 5.41) is 3.71. The summed E-state index contributed by atoms with van der Waals surface area (Å²) in [5.74, 6) is 1.69. The molecule has 0 atom stereocenters. The Morgan fingerprint density at radius 3 is 2.67 bits per heavy atom. The lowest BCUT2D eigenvalue weighted by atomic mass is 10.1. The van der Waals surface area contributed by atoms with Crippen molar-refractivity contribution >= 4 is 16.7 Å². The van der Waals surface area contributed by atoms with E-state index in [1.807, 2.05) is 30.3 Å². The molecule has 0 bridgehead atoms. The van der Waals surface area contributed by atoms with Gasteiger partial charge in [0.2, 0.25) is 0 Å². The van der Waals surface area contributed by atoms with E-state index >= 15 is 0 Å². The van der Waals surface area contributed by atoms with Gasteiger partial charge in [0, 0.05) is 31.5 Å². The molecule has 1 N–H and O–H groups in total. The zero-order valence-corrected chi connectivity index (χ0v) is 16.9. The summed E-state index contributed by atoms with van der Waals surface area (Å²) >= 11 is 0. The van der Waals surface area contributed by atoms with Gasteiger partial charge in [0.15, 0.2) is 11.5 Å². The lowest BCUT2D eigenvalue weighted by Crippen LogP contribution is -2.19. The Labute approximate surface area is 173 Å². The van der Waals surface area contributed by atoms with E-state index in [0.29, 0.717) is 40.5 Å². The highest BCUT2D eigenvalue weighted by Crippen LogP contribution is 2.33. The van der Waals surface area contributed by atoms with Crippen molar-refractivity contribution in [3.8, 4) is 22.8 Å². The van der Waals surface area contributed by atoms with Gasteiger partial charge in [0.1, 0.15) is 11.2 Å². The van der Waals surface area contributed by atoms with Crippen LogP contribution in [0.15, 0.2) is 59.9 Å². The number of anilines is 1. The van der Waals surface area contributed by atoms with Gasteiger partial charge >= 0.3 is 0 Å². The fraction of sp³-hybridized carbons (Fsp3) is 0.182. The van der Waals surface area contributed by atoms with E-state index in [9.17, 15) is 4.79 Å². The van der Waals surface area contributed by atoms with Crippen LogP contribution in [0.1, 0.15) is 5.56 Å². The van der Waals surface area contributed by atoms with Gasteiger partial charge < -0.3 is 19.4 Å². The van der Waals surface area contributed by atoms with Crippen molar-refractivity contribution in [3.05, 3.63) is 71.0 Å². The van der Waals surface area contributed by atoms with E-state index in [1.54, 1.807) is 39.7 Å². The SMILES string of the molecule is COc1ccc(-c2cc3ncn(C)c(=O)c3c(NCc3cccnc3)n2)cc1OC. The monoisotopic (exact) mass is 403 g/mol. The van der Waals surface area contributed by atoms with Crippen LogP contribution in [0.2, 0.25) is 0 Å². The molecule has 0 radical (unpaired) electrons. The largest absolute Gasteiger partial charge is 0.493 e. The number of nitrogens with zero attached hydrogens (tertiary/aromatic N) is 4. The molecule has 1 aromatic carbocycles. The van der Waals surface area contributed by atoms with Crippen molar-refractivity contribution in [2.75, 3.05) is 19.5 Å². The molecular weight excluding hydrogens is 382 g/mol. The molecule has 8 nitrogen and oxygen atoms in total. The van der Waals surface area contributed by atoms with Crippen LogP contribution in [-0.2, 0) is 13.6 Å². The molecule has 30 heavy (non-hydrogen) atoms. The number of hydrogen-bond donors (Lipinski definition) is 1. The van der Waals surface area contributed by atoms with Gasteiger partial charge in [-0.3, -0.25) is 9.78 Å². The quantitative estimate of drug-likeness (QED) is 0.529. The van der Waals surface area contributed by atoms with Crippen LogP contribution in [0.25, 0.3) is 22.2 Å². The van der Waals surface area contributed by atoms with Gasteiger partial charge in [-0.1, -0.05) is 6.07 Å². The molecule has 4 aromatic rings. The Kier molecular flexibility index (Phi) is 5.30. The molecule has 3 heterocycles. The van der Waals surface area contributed by atoms with E-state index in [0.717, 1.165) is 11.1 Å². The molecule has 0 aliphatic rings. The number of benzene rings is 1. The summed E-state index contributed by atoms with van der Waals surface area (Å²) in [6, 6.07) is 11.2. The summed E-state index contributed by atoms with van der Waals surface area (Å²) in [6.45, 7) is 0.476. The van der Waals surface area contributed by atoms with Crippen LogP contribution in [0.5, 0.6) is 11.5 Å². The second-order valence-electron chi connectivity index (χ2n) is 6.70. The van der Waals surface area contributed by atoms with E-state index in [2.05, 4.69) is 15.3 Å². The molecule has 4 rings (SSSR count). The molecule has 0 aliphatic heterocycles. The number of ether oxygens (including phenoxy) is 2. The fourth-order valence-electron chi connectivity index (χ4n) is 3.18. The minimum absolute atomic E-state index is 0.167. The second kappa shape index (κ2) is 8.20. The van der Waals surface area contributed by atoms with Gasteiger partial charge in [-0.25, -0.2) is 9.97 Å². The molecule has 0 amide bonds. The molecular formula is C22H21N5O3. The van der Waals surface area contributed by atoms with Gasteiger partial charge in [-0.05, 0) is 35.9 Å². The Morgan fingerprint density at radius 1 is 1.10 bits per heavy atom. The third-order valence-electron chi connectivity index (χ3n) is 4.76. The zero-order valence-electron chi connectivity index (χ0n) is 16.9. The lowest BCUT2D eigenvalue weighted by Gasteiger charge is -2.13. The third kappa shape index (κ3) is 3.67. The average Bonchev–Trinajstić information content (AvgIpc) is 2.79. The zero-order chi connectivity index (χ0) is 21.1. The Balaban J connectivity index is 1.84. The van der Waals surface area contributed by atoms with Crippen molar-refractivity contribution in [1.29, 1.82) is 0 Å². The highest BCUT2D eigenvalue weighted by molar-refractivity contribution is 5.91. The molecule has 0 spiro atoms. The molecule has 3 aromatic heterocycles. The molecule has 0 unspecified atom stereocenters. The van der Waals surface area contributed by atoms with Crippen molar-refractivity contribution in [1.82, 2.24) is 19.5 Å². The second-order valence-corrected chi connectivity index (χ2v) is 6.70. The summed E-state index contributed by atoms with van der Waals surface area (Å²) in [4.78, 5) is 26.1. The summed E-state index contributed by atoms with van der Waals surface area (Å²) < 4.78 is 12.2. The number of pyridine rings is 2. The number of nitrogens with one attached hydrogen (secondary N) is 1. The molecule has 0 saturated heterocycles. The van der Waals surface area contributed by atoms with Gasteiger partial charge in [0.05, 0.1) is 31.8 Å². The van der Waals surface area contributed by atoms with Crippen LogP contribution in [0.4, 0.5) is 5.82 Å². The lowest BCUT2D eigenvalue weighted by molar-refractivity contribution is 0.355. The minimum Gasteiger partial charge on any atom is -0.493 e. The van der Waals surface area contributed by atoms with Crippen LogP contribution >= 0.6 is 0 Å². The standard InChI is InChI=1S/C22H21N5O3/c1-27-13-25-17-10-16(15-6-7-18(29-2)19(9-15)30-3)26-21(20(17)22(27)28)24-12-14-5-4-8-23-11-14/h4-11,13H,12H2,1-3H3,(H,24,26). The van der Waals surface area contributed by atoms with Crippen LogP contribution in [0, 0.1) is 0 Å². The van der Waals surface area contributed by atoms with E-state index in [1.165, 1.54) is 10.9 Å². The van der Waals surface area contributed by atoms with Crippen molar-refractivity contribution in [2.45, 2.75) is 6.54 Å². The first-order chi connectivity index (χ1) is 14.6. The topological polar surface area (TPSA) is 91.2 Å². The molecule has 152 valence electrons. The number of hydrogen-bond acceptors (Lipinski definition) is 7. The summed E-state index contributed by atoms with van der Waals surface area (Å²) in [6.07, 6.45) is 4.99. The smallest absolute Gasteiger partial charge is 0.264 e. The highest BCUT2D eigenvalue weighted by atomic mass is 16.5. The maximum absolute atomic E-state index is 12.8. The first-order valence-electron chi connectivity index (χ1n) is 9.32. The predicted molar refractivity (Wildman–Crippen MR) is 115 cm³/mol. The predicted octanol–water partition coefficient (Wildman–Crippen LogP) is 3.02. The first kappa shape index (κ1) is 19.4. The molecule has 0 saturated carbocycles. The van der Waals surface area contributed by atoms with Crippen molar-refractivity contribution in [2.24, 2.45) is 7.05 Å². The first-order valence-corrected chi connectivity index (χ1v) is 9.32. The summed E-state index contributed by atoms with van der Waals surface area (Å²) in [5.41, 5.74) is 2.86. The maximum atomic E-state index is 12.8. The van der Waals surface area contributed by atoms with E-state index in [-0.39, 0.29) is 5.56 Å². The number of fused-ring (bicyclic) bond motifs is 1. The normalized spacial score (nSPS) is 10.8.